The van der Waals surface area contributed by atoms with E-state index in [2.05, 4.69) is 39.5 Å². The number of rotatable bonds is 3. The molecule has 0 aromatic heterocycles. The Morgan fingerprint density at radius 3 is 2.21 bits per heavy atom. The van der Waals surface area contributed by atoms with Crippen LogP contribution < -0.4 is 0 Å². The zero-order chi connectivity index (χ0) is 10.6. The van der Waals surface area contributed by atoms with Crippen LogP contribution in [0.3, 0.4) is 0 Å². The van der Waals surface area contributed by atoms with Crippen molar-refractivity contribution >= 4 is 6.08 Å². The van der Waals surface area contributed by atoms with Crippen molar-refractivity contribution in [2.24, 2.45) is 0 Å². The van der Waals surface area contributed by atoms with Crippen LogP contribution in [0.25, 0.3) is 6.08 Å². The van der Waals surface area contributed by atoms with Crippen LogP contribution in [-0.2, 0) is 11.3 Å². The maximum absolute atomic E-state index is 5.66. The van der Waals surface area contributed by atoms with Gasteiger partial charge in [0.25, 0.3) is 0 Å². The molecular weight excluding hydrogens is 172 g/mol. The standard InChI is InChI=1S/C13H18O/c1-5-11-6-8-12(9-7-11)10-14-13(2,3)4/h5-9H,1,10H2,2-4H3. The Morgan fingerprint density at radius 2 is 1.79 bits per heavy atom. The summed E-state index contributed by atoms with van der Waals surface area (Å²) in [6.45, 7) is 10.6. The number of hydrogen-bond acceptors (Lipinski definition) is 1. The summed E-state index contributed by atoms with van der Waals surface area (Å²) in [5, 5.41) is 0. The van der Waals surface area contributed by atoms with Crippen LogP contribution in [0.5, 0.6) is 0 Å². The van der Waals surface area contributed by atoms with Gasteiger partial charge in [0, 0.05) is 0 Å². The third-order valence-corrected chi connectivity index (χ3v) is 1.89. The number of hydrogen-bond donors (Lipinski definition) is 0. The molecule has 0 heterocycles. The molecule has 0 radical (unpaired) electrons. The van der Waals surface area contributed by atoms with E-state index >= 15 is 0 Å². The SMILES string of the molecule is C=Cc1ccc(COC(C)(C)C)cc1. The molecule has 0 aliphatic rings. The van der Waals surface area contributed by atoms with Crippen molar-refractivity contribution in [3.63, 3.8) is 0 Å². The van der Waals surface area contributed by atoms with E-state index in [9.17, 15) is 0 Å². The molecule has 0 fully saturated rings. The van der Waals surface area contributed by atoms with Gasteiger partial charge in [-0.3, -0.25) is 0 Å². The molecule has 0 aliphatic carbocycles. The maximum Gasteiger partial charge on any atom is 0.0724 e. The van der Waals surface area contributed by atoms with Crippen molar-refractivity contribution in [1.82, 2.24) is 0 Å². The van der Waals surface area contributed by atoms with Gasteiger partial charge in [-0.05, 0) is 31.9 Å². The van der Waals surface area contributed by atoms with E-state index < -0.39 is 0 Å². The molecule has 1 aromatic rings. The van der Waals surface area contributed by atoms with Gasteiger partial charge in [0.15, 0.2) is 0 Å². The fourth-order valence-electron chi connectivity index (χ4n) is 1.05. The topological polar surface area (TPSA) is 9.23 Å². The van der Waals surface area contributed by atoms with E-state index in [0.717, 1.165) is 5.56 Å². The fourth-order valence-corrected chi connectivity index (χ4v) is 1.05. The number of benzene rings is 1. The van der Waals surface area contributed by atoms with Crippen LogP contribution in [0.2, 0.25) is 0 Å². The van der Waals surface area contributed by atoms with E-state index in [4.69, 9.17) is 4.74 Å². The lowest BCUT2D eigenvalue weighted by atomic mass is 10.1. The van der Waals surface area contributed by atoms with Crippen molar-refractivity contribution in [2.45, 2.75) is 33.0 Å². The summed E-state index contributed by atoms with van der Waals surface area (Å²) in [5.41, 5.74) is 2.27. The first-order valence-electron chi connectivity index (χ1n) is 4.86. The van der Waals surface area contributed by atoms with Gasteiger partial charge in [-0.2, -0.15) is 0 Å². The average Bonchev–Trinajstić information content (AvgIpc) is 2.14. The molecule has 0 aliphatic heterocycles. The summed E-state index contributed by atoms with van der Waals surface area (Å²) < 4.78 is 5.66. The molecule has 0 spiro atoms. The van der Waals surface area contributed by atoms with Gasteiger partial charge in [0.2, 0.25) is 0 Å². The Bertz CT molecular complexity index is 290. The normalized spacial score (nSPS) is 11.4. The summed E-state index contributed by atoms with van der Waals surface area (Å²) in [4.78, 5) is 0. The molecule has 1 heteroatoms. The highest BCUT2D eigenvalue weighted by Crippen LogP contribution is 2.12. The molecule has 0 saturated carbocycles. The molecule has 1 nitrogen and oxygen atoms in total. The lowest BCUT2D eigenvalue weighted by Gasteiger charge is -2.19. The minimum absolute atomic E-state index is 0.0723. The zero-order valence-electron chi connectivity index (χ0n) is 9.21. The molecule has 1 aromatic carbocycles. The van der Waals surface area contributed by atoms with Crippen molar-refractivity contribution < 1.29 is 4.74 Å². The third kappa shape index (κ3) is 3.75. The predicted octanol–water partition coefficient (Wildman–Crippen LogP) is 3.64. The molecule has 76 valence electrons. The Labute approximate surface area is 86.4 Å². The lowest BCUT2D eigenvalue weighted by molar-refractivity contribution is -0.0149. The summed E-state index contributed by atoms with van der Waals surface area (Å²) in [6.07, 6.45) is 1.84. The van der Waals surface area contributed by atoms with Gasteiger partial charge in [0.1, 0.15) is 0 Å². The molecule has 0 atom stereocenters. The quantitative estimate of drug-likeness (QED) is 0.707. The van der Waals surface area contributed by atoms with Gasteiger partial charge in [-0.15, -0.1) is 0 Å². The average molecular weight is 190 g/mol. The van der Waals surface area contributed by atoms with Crippen LogP contribution in [0.1, 0.15) is 31.9 Å². The van der Waals surface area contributed by atoms with E-state index in [0.29, 0.717) is 6.61 Å². The highest BCUT2D eigenvalue weighted by atomic mass is 16.5. The summed E-state index contributed by atoms with van der Waals surface area (Å²) in [7, 11) is 0. The fraction of sp³-hybridized carbons (Fsp3) is 0.385. The number of ether oxygens (including phenoxy) is 1. The molecule has 0 amide bonds. The Balaban J connectivity index is 2.56. The first-order valence-corrected chi connectivity index (χ1v) is 4.86. The second-order valence-corrected chi connectivity index (χ2v) is 4.35. The second kappa shape index (κ2) is 4.43. The van der Waals surface area contributed by atoms with Gasteiger partial charge < -0.3 is 4.74 Å². The summed E-state index contributed by atoms with van der Waals surface area (Å²) in [5.74, 6) is 0. The summed E-state index contributed by atoms with van der Waals surface area (Å²) in [6, 6.07) is 8.24. The third-order valence-electron chi connectivity index (χ3n) is 1.89. The van der Waals surface area contributed by atoms with Crippen LogP contribution in [0.15, 0.2) is 30.8 Å². The maximum atomic E-state index is 5.66. The van der Waals surface area contributed by atoms with Crippen LogP contribution >= 0.6 is 0 Å². The molecule has 14 heavy (non-hydrogen) atoms. The molecule has 1 rings (SSSR count). The minimum atomic E-state index is -0.0723. The van der Waals surface area contributed by atoms with E-state index in [1.165, 1.54) is 5.56 Å². The monoisotopic (exact) mass is 190 g/mol. The predicted molar refractivity (Wildman–Crippen MR) is 61.1 cm³/mol. The van der Waals surface area contributed by atoms with E-state index in [1.807, 2.05) is 18.2 Å². The highest BCUT2D eigenvalue weighted by molar-refractivity contribution is 5.47. The van der Waals surface area contributed by atoms with Crippen LogP contribution in [0, 0.1) is 0 Å². The highest BCUT2D eigenvalue weighted by Gasteiger charge is 2.09. The summed E-state index contributed by atoms with van der Waals surface area (Å²) >= 11 is 0. The molecule has 0 unspecified atom stereocenters. The van der Waals surface area contributed by atoms with Gasteiger partial charge in [0.05, 0.1) is 12.2 Å². The van der Waals surface area contributed by atoms with Crippen LogP contribution in [-0.4, -0.2) is 5.60 Å². The molecule has 0 N–H and O–H groups in total. The van der Waals surface area contributed by atoms with Crippen molar-refractivity contribution in [2.75, 3.05) is 0 Å². The largest absolute Gasteiger partial charge is 0.371 e. The Hall–Kier alpha value is -1.08. The van der Waals surface area contributed by atoms with Gasteiger partial charge in [-0.25, -0.2) is 0 Å². The van der Waals surface area contributed by atoms with Gasteiger partial charge >= 0.3 is 0 Å². The molecule has 0 bridgehead atoms. The zero-order valence-corrected chi connectivity index (χ0v) is 9.21. The van der Waals surface area contributed by atoms with Crippen LogP contribution in [0.4, 0.5) is 0 Å². The smallest absolute Gasteiger partial charge is 0.0724 e. The molecular formula is C13H18O. The Kier molecular flexibility index (Phi) is 3.48. The molecule has 0 saturated heterocycles. The first kappa shape index (κ1) is 11.0. The second-order valence-electron chi connectivity index (χ2n) is 4.35. The first-order chi connectivity index (χ1) is 6.51. The van der Waals surface area contributed by atoms with Crippen molar-refractivity contribution in [1.29, 1.82) is 0 Å². The van der Waals surface area contributed by atoms with Crippen molar-refractivity contribution in [3.05, 3.63) is 42.0 Å². The minimum Gasteiger partial charge on any atom is -0.371 e. The lowest BCUT2D eigenvalue weighted by Crippen LogP contribution is -2.18. The van der Waals surface area contributed by atoms with E-state index in [1.54, 1.807) is 0 Å². The van der Waals surface area contributed by atoms with E-state index in [-0.39, 0.29) is 5.60 Å². The van der Waals surface area contributed by atoms with Crippen molar-refractivity contribution in [3.8, 4) is 0 Å². The van der Waals surface area contributed by atoms with Gasteiger partial charge in [-0.1, -0.05) is 36.9 Å². The Morgan fingerprint density at radius 1 is 1.21 bits per heavy atom.